The van der Waals surface area contributed by atoms with Crippen LogP contribution in [-0.2, 0) is 11.3 Å². The molecule has 0 aliphatic carbocycles. The molecule has 0 N–H and O–H groups in total. The highest BCUT2D eigenvalue weighted by molar-refractivity contribution is 5.44. The van der Waals surface area contributed by atoms with E-state index in [1.807, 2.05) is 18.2 Å². The van der Waals surface area contributed by atoms with Gasteiger partial charge in [-0.1, -0.05) is 12.1 Å². The molecule has 1 aliphatic rings. The fourth-order valence-corrected chi connectivity index (χ4v) is 1.29. The molecule has 0 saturated heterocycles. The second-order valence-electron chi connectivity index (χ2n) is 2.99. The lowest BCUT2D eigenvalue weighted by Crippen LogP contribution is -1.93. The van der Waals surface area contributed by atoms with Crippen molar-refractivity contribution in [3.63, 3.8) is 0 Å². The lowest BCUT2D eigenvalue weighted by atomic mass is 10.2. The van der Waals surface area contributed by atoms with E-state index < -0.39 is 0 Å². The van der Waals surface area contributed by atoms with E-state index in [0.29, 0.717) is 20.0 Å². The molecule has 0 amide bonds. The first kappa shape index (κ1) is 9.09. The summed E-state index contributed by atoms with van der Waals surface area (Å²) in [7, 11) is 0. The van der Waals surface area contributed by atoms with E-state index in [-0.39, 0.29) is 0 Å². The molecule has 0 spiro atoms. The Morgan fingerprint density at radius 2 is 2.21 bits per heavy atom. The zero-order valence-electron chi connectivity index (χ0n) is 7.86. The van der Waals surface area contributed by atoms with Crippen molar-refractivity contribution < 1.29 is 14.2 Å². The van der Waals surface area contributed by atoms with Gasteiger partial charge in [0.05, 0.1) is 13.2 Å². The summed E-state index contributed by atoms with van der Waals surface area (Å²) in [5.74, 6) is 1.60. The van der Waals surface area contributed by atoms with E-state index in [1.165, 1.54) is 0 Å². The maximum absolute atomic E-state index is 5.31. The highest BCUT2D eigenvalue weighted by Crippen LogP contribution is 2.32. The van der Waals surface area contributed by atoms with E-state index in [0.717, 1.165) is 17.1 Å². The number of ether oxygens (including phenoxy) is 3. The van der Waals surface area contributed by atoms with Gasteiger partial charge in [-0.2, -0.15) is 0 Å². The fourth-order valence-electron chi connectivity index (χ4n) is 1.29. The van der Waals surface area contributed by atoms with E-state index in [4.69, 9.17) is 14.2 Å². The van der Waals surface area contributed by atoms with Crippen LogP contribution in [-0.4, -0.2) is 13.4 Å². The van der Waals surface area contributed by atoms with Crippen molar-refractivity contribution in [2.45, 2.75) is 6.61 Å². The molecule has 0 bridgehead atoms. The summed E-state index contributed by atoms with van der Waals surface area (Å²) in [6, 6.07) is 5.80. The van der Waals surface area contributed by atoms with Gasteiger partial charge in [0.25, 0.3) is 0 Å². The molecule has 0 radical (unpaired) electrons. The van der Waals surface area contributed by atoms with Gasteiger partial charge in [-0.15, -0.1) is 6.58 Å². The van der Waals surface area contributed by atoms with Crippen LogP contribution in [0.15, 0.2) is 30.9 Å². The molecule has 0 saturated carbocycles. The van der Waals surface area contributed by atoms with Gasteiger partial charge in [0, 0.05) is 0 Å². The second-order valence-corrected chi connectivity index (χ2v) is 2.99. The molecule has 1 aliphatic heterocycles. The molecule has 3 heteroatoms. The predicted molar refractivity (Wildman–Crippen MR) is 52.4 cm³/mol. The summed E-state index contributed by atoms with van der Waals surface area (Å²) >= 11 is 0. The Hall–Kier alpha value is -1.48. The largest absolute Gasteiger partial charge is 0.454 e. The summed E-state index contributed by atoms with van der Waals surface area (Å²) < 4.78 is 15.8. The Kier molecular flexibility index (Phi) is 2.70. The summed E-state index contributed by atoms with van der Waals surface area (Å²) in [6.45, 7) is 5.03. The summed E-state index contributed by atoms with van der Waals surface area (Å²) in [5.41, 5.74) is 1.08. The number of hydrogen-bond acceptors (Lipinski definition) is 3. The predicted octanol–water partition coefficient (Wildman–Crippen LogP) is 2.12. The quantitative estimate of drug-likeness (QED) is 0.540. The lowest BCUT2D eigenvalue weighted by Gasteiger charge is -2.02. The minimum atomic E-state index is 0.312. The third-order valence-corrected chi connectivity index (χ3v) is 1.94. The maximum Gasteiger partial charge on any atom is 0.231 e. The highest BCUT2D eigenvalue weighted by atomic mass is 16.7. The molecular weight excluding hydrogens is 180 g/mol. The Morgan fingerprint density at radius 1 is 1.36 bits per heavy atom. The first-order valence-corrected chi connectivity index (χ1v) is 4.47. The summed E-state index contributed by atoms with van der Waals surface area (Å²) in [6.07, 6.45) is 1.73. The molecule has 74 valence electrons. The normalized spacial score (nSPS) is 12.9. The molecule has 1 aromatic rings. The average Bonchev–Trinajstić information content (AvgIpc) is 2.65. The average molecular weight is 192 g/mol. The second kappa shape index (κ2) is 4.15. The van der Waals surface area contributed by atoms with E-state index in [1.54, 1.807) is 6.08 Å². The molecule has 2 rings (SSSR count). The van der Waals surface area contributed by atoms with Gasteiger partial charge in [-0.05, 0) is 17.7 Å². The molecule has 0 atom stereocenters. The first-order chi connectivity index (χ1) is 6.90. The van der Waals surface area contributed by atoms with Gasteiger partial charge in [0.15, 0.2) is 11.5 Å². The summed E-state index contributed by atoms with van der Waals surface area (Å²) in [4.78, 5) is 0. The van der Waals surface area contributed by atoms with Crippen molar-refractivity contribution in [1.82, 2.24) is 0 Å². The molecule has 0 unspecified atom stereocenters. The van der Waals surface area contributed by atoms with Crippen LogP contribution in [0.5, 0.6) is 11.5 Å². The van der Waals surface area contributed by atoms with Crippen LogP contribution in [0.3, 0.4) is 0 Å². The van der Waals surface area contributed by atoms with Crippen LogP contribution < -0.4 is 9.47 Å². The Morgan fingerprint density at radius 3 is 3.07 bits per heavy atom. The smallest absolute Gasteiger partial charge is 0.231 e. The van der Waals surface area contributed by atoms with Gasteiger partial charge >= 0.3 is 0 Å². The lowest BCUT2D eigenvalue weighted by molar-refractivity contribution is 0.148. The summed E-state index contributed by atoms with van der Waals surface area (Å²) in [5, 5.41) is 0. The number of fused-ring (bicyclic) bond motifs is 1. The highest BCUT2D eigenvalue weighted by Gasteiger charge is 2.12. The third-order valence-electron chi connectivity index (χ3n) is 1.94. The topological polar surface area (TPSA) is 27.7 Å². The maximum atomic E-state index is 5.31. The van der Waals surface area contributed by atoms with Crippen LogP contribution >= 0.6 is 0 Å². The third kappa shape index (κ3) is 1.88. The van der Waals surface area contributed by atoms with Crippen LogP contribution in [0, 0.1) is 0 Å². The molecule has 14 heavy (non-hydrogen) atoms. The van der Waals surface area contributed by atoms with E-state index in [2.05, 4.69) is 6.58 Å². The number of benzene rings is 1. The molecule has 1 heterocycles. The van der Waals surface area contributed by atoms with Crippen molar-refractivity contribution in [3.05, 3.63) is 36.4 Å². The van der Waals surface area contributed by atoms with Crippen LogP contribution in [0.1, 0.15) is 5.56 Å². The Balaban J connectivity index is 2.01. The fraction of sp³-hybridized carbons (Fsp3) is 0.273. The Bertz CT molecular complexity index is 333. The van der Waals surface area contributed by atoms with Crippen molar-refractivity contribution in [2.24, 2.45) is 0 Å². The molecule has 3 nitrogen and oxygen atoms in total. The van der Waals surface area contributed by atoms with Gasteiger partial charge in [-0.25, -0.2) is 0 Å². The van der Waals surface area contributed by atoms with Crippen LogP contribution in [0.2, 0.25) is 0 Å². The van der Waals surface area contributed by atoms with Gasteiger partial charge in [0.2, 0.25) is 6.79 Å². The zero-order valence-corrected chi connectivity index (χ0v) is 7.86. The van der Waals surface area contributed by atoms with Crippen molar-refractivity contribution >= 4 is 0 Å². The Labute approximate surface area is 82.9 Å². The molecule has 0 aromatic heterocycles. The van der Waals surface area contributed by atoms with Gasteiger partial charge < -0.3 is 14.2 Å². The van der Waals surface area contributed by atoms with Crippen molar-refractivity contribution in [3.8, 4) is 11.5 Å². The SMILES string of the molecule is C=CCOCc1ccc2c(c1)OCO2. The number of hydrogen-bond donors (Lipinski definition) is 0. The molecule has 1 aromatic carbocycles. The minimum absolute atomic E-state index is 0.312. The first-order valence-electron chi connectivity index (χ1n) is 4.47. The minimum Gasteiger partial charge on any atom is -0.454 e. The number of rotatable bonds is 4. The van der Waals surface area contributed by atoms with E-state index >= 15 is 0 Å². The van der Waals surface area contributed by atoms with Crippen LogP contribution in [0.4, 0.5) is 0 Å². The van der Waals surface area contributed by atoms with Crippen LogP contribution in [0.25, 0.3) is 0 Å². The van der Waals surface area contributed by atoms with Crippen molar-refractivity contribution in [2.75, 3.05) is 13.4 Å². The van der Waals surface area contributed by atoms with Gasteiger partial charge in [-0.3, -0.25) is 0 Å². The van der Waals surface area contributed by atoms with Crippen molar-refractivity contribution in [1.29, 1.82) is 0 Å². The zero-order chi connectivity index (χ0) is 9.80. The van der Waals surface area contributed by atoms with Gasteiger partial charge in [0.1, 0.15) is 0 Å². The van der Waals surface area contributed by atoms with E-state index in [9.17, 15) is 0 Å². The monoisotopic (exact) mass is 192 g/mol. The molecular formula is C11H12O3. The molecule has 0 fully saturated rings. The standard InChI is InChI=1S/C11H12O3/c1-2-5-12-7-9-3-4-10-11(6-9)14-8-13-10/h2-4,6H,1,5,7-8H2.